The first kappa shape index (κ1) is 25.3. The quantitative estimate of drug-likeness (QED) is 0.138. The van der Waals surface area contributed by atoms with E-state index in [9.17, 15) is 35.7 Å². The standard InChI is InChI=1S/C19H32O11/c1-2-3-4-5-6-7-27-19-17(15(25)13(23)11(9-21)29-19)30-18-16(26)14(24)12(22)10(8-20)28-18/h3,10-26H,1,4-9H2. The van der Waals surface area contributed by atoms with E-state index in [0.29, 0.717) is 6.42 Å². The van der Waals surface area contributed by atoms with Crippen LogP contribution in [0.25, 0.3) is 0 Å². The molecule has 11 heteroatoms. The maximum atomic E-state index is 10.5. The monoisotopic (exact) mass is 436 g/mol. The zero-order valence-corrected chi connectivity index (χ0v) is 16.6. The first-order valence-electron chi connectivity index (χ1n) is 9.90. The SMILES string of the molecule is C=C=CCCCCOC1OC(CO)C(O)C(O)C1OC1OC(CO)C(O)C(O)C1O. The first-order valence-corrected chi connectivity index (χ1v) is 9.90. The summed E-state index contributed by atoms with van der Waals surface area (Å²) in [6, 6.07) is 0. The van der Waals surface area contributed by atoms with Crippen molar-refractivity contribution in [3.63, 3.8) is 0 Å². The van der Waals surface area contributed by atoms with Gasteiger partial charge in [-0.3, -0.25) is 0 Å². The predicted octanol–water partition coefficient (Wildman–Crippen LogP) is -2.86. The average molecular weight is 436 g/mol. The van der Waals surface area contributed by atoms with E-state index in [-0.39, 0.29) is 6.61 Å². The second-order valence-electron chi connectivity index (χ2n) is 7.28. The molecule has 0 aliphatic carbocycles. The molecule has 2 heterocycles. The minimum atomic E-state index is -1.70. The van der Waals surface area contributed by atoms with Crippen molar-refractivity contribution in [1.82, 2.24) is 0 Å². The summed E-state index contributed by atoms with van der Waals surface area (Å²) in [6.07, 6.45) is -10.5. The van der Waals surface area contributed by atoms with Crippen molar-refractivity contribution in [3.8, 4) is 0 Å². The van der Waals surface area contributed by atoms with Gasteiger partial charge in [-0.2, -0.15) is 0 Å². The van der Waals surface area contributed by atoms with Gasteiger partial charge in [-0.15, -0.1) is 5.73 Å². The topological polar surface area (TPSA) is 179 Å². The average Bonchev–Trinajstić information content (AvgIpc) is 2.75. The van der Waals surface area contributed by atoms with Crippen molar-refractivity contribution in [3.05, 3.63) is 18.4 Å². The highest BCUT2D eigenvalue weighted by molar-refractivity contribution is 4.93. The first-order chi connectivity index (χ1) is 14.3. The number of unbranched alkanes of at least 4 members (excludes halogenated alkanes) is 2. The Labute approximate surface area is 174 Å². The minimum Gasteiger partial charge on any atom is -0.394 e. The Hall–Kier alpha value is -0.920. The van der Waals surface area contributed by atoms with Gasteiger partial charge in [0.25, 0.3) is 0 Å². The maximum Gasteiger partial charge on any atom is 0.187 e. The Balaban J connectivity index is 2.06. The highest BCUT2D eigenvalue weighted by Crippen LogP contribution is 2.29. The molecule has 10 unspecified atom stereocenters. The molecule has 0 spiro atoms. The maximum absolute atomic E-state index is 10.5. The normalized spacial score (nSPS) is 42.0. The largest absolute Gasteiger partial charge is 0.394 e. The third-order valence-electron chi connectivity index (χ3n) is 5.13. The van der Waals surface area contributed by atoms with Crippen LogP contribution in [0.5, 0.6) is 0 Å². The van der Waals surface area contributed by atoms with E-state index in [1.807, 2.05) is 0 Å². The molecule has 2 aliphatic heterocycles. The van der Waals surface area contributed by atoms with Crippen LogP contribution in [-0.4, -0.2) is 117 Å². The molecule has 11 nitrogen and oxygen atoms in total. The van der Waals surface area contributed by atoms with Crippen LogP contribution in [0.4, 0.5) is 0 Å². The van der Waals surface area contributed by atoms with Gasteiger partial charge in [-0.25, -0.2) is 0 Å². The van der Waals surface area contributed by atoms with Crippen molar-refractivity contribution >= 4 is 0 Å². The summed E-state index contributed by atoms with van der Waals surface area (Å²) in [5.41, 5.74) is 2.66. The second-order valence-corrected chi connectivity index (χ2v) is 7.28. The van der Waals surface area contributed by atoms with E-state index in [0.717, 1.165) is 12.8 Å². The van der Waals surface area contributed by atoms with Crippen molar-refractivity contribution in [2.45, 2.75) is 80.7 Å². The third-order valence-corrected chi connectivity index (χ3v) is 5.13. The highest BCUT2D eigenvalue weighted by Gasteiger charge is 2.50. The molecule has 0 radical (unpaired) electrons. The van der Waals surface area contributed by atoms with E-state index in [1.54, 1.807) is 6.08 Å². The van der Waals surface area contributed by atoms with E-state index >= 15 is 0 Å². The lowest BCUT2D eigenvalue weighted by atomic mass is 9.97. The molecule has 0 saturated carbocycles. The van der Waals surface area contributed by atoms with Crippen LogP contribution in [0.2, 0.25) is 0 Å². The van der Waals surface area contributed by atoms with Gasteiger partial charge >= 0.3 is 0 Å². The van der Waals surface area contributed by atoms with Crippen molar-refractivity contribution in [2.75, 3.05) is 19.8 Å². The fourth-order valence-electron chi connectivity index (χ4n) is 3.32. The number of hydrogen-bond donors (Lipinski definition) is 7. The molecule has 174 valence electrons. The molecular formula is C19H32O11. The Morgan fingerprint density at radius 3 is 2.00 bits per heavy atom. The molecule has 2 fully saturated rings. The Bertz CT molecular complexity index is 553. The smallest absolute Gasteiger partial charge is 0.187 e. The Kier molecular flexibility index (Phi) is 10.3. The molecule has 2 aliphatic rings. The summed E-state index contributed by atoms with van der Waals surface area (Å²) in [4.78, 5) is 0. The van der Waals surface area contributed by atoms with E-state index in [1.165, 1.54) is 0 Å². The summed E-state index contributed by atoms with van der Waals surface area (Å²) in [5, 5.41) is 69.3. The number of rotatable bonds is 10. The summed E-state index contributed by atoms with van der Waals surface area (Å²) < 4.78 is 22.0. The van der Waals surface area contributed by atoms with Crippen LogP contribution in [-0.2, 0) is 18.9 Å². The van der Waals surface area contributed by atoms with Crippen LogP contribution < -0.4 is 0 Å². The molecule has 7 N–H and O–H groups in total. The number of allylic oxidation sites excluding steroid dienone is 1. The molecule has 2 rings (SSSR count). The summed E-state index contributed by atoms with van der Waals surface area (Å²) in [6.45, 7) is 2.46. The minimum absolute atomic E-state index is 0.213. The van der Waals surface area contributed by atoms with Gasteiger partial charge < -0.3 is 54.7 Å². The Morgan fingerprint density at radius 1 is 0.800 bits per heavy atom. The van der Waals surface area contributed by atoms with Crippen molar-refractivity contribution in [2.24, 2.45) is 0 Å². The molecule has 0 amide bonds. The van der Waals surface area contributed by atoms with Gasteiger partial charge in [0.15, 0.2) is 12.6 Å². The van der Waals surface area contributed by atoms with E-state index < -0.39 is 74.6 Å². The number of aliphatic hydroxyl groups excluding tert-OH is 7. The molecular weight excluding hydrogens is 404 g/mol. The summed E-state index contributed by atoms with van der Waals surface area (Å²) >= 11 is 0. The van der Waals surface area contributed by atoms with E-state index in [2.05, 4.69) is 12.3 Å². The zero-order valence-electron chi connectivity index (χ0n) is 16.6. The number of ether oxygens (including phenoxy) is 4. The molecule has 0 aromatic heterocycles. The fourth-order valence-corrected chi connectivity index (χ4v) is 3.32. The predicted molar refractivity (Wildman–Crippen MR) is 99.9 cm³/mol. The molecule has 0 aromatic rings. The zero-order chi connectivity index (χ0) is 22.3. The van der Waals surface area contributed by atoms with Gasteiger partial charge in [-0.05, 0) is 25.3 Å². The molecule has 0 bridgehead atoms. The number of hydrogen-bond acceptors (Lipinski definition) is 11. The van der Waals surface area contributed by atoms with Crippen LogP contribution in [0.15, 0.2) is 18.4 Å². The highest BCUT2D eigenvalue weighted by atomic mass is 16.8. The van der Waals surface area contributed by atoms with Crippen LogP contribution in [0.1, 0.15) is 19.3 Å². The summed E-state index contributed by atoms with van der Waals surface area (Å²) in [5.74, 6) is 0. The van der Waals surface area contributed by atoms with Crippen LogP contribution in [0.3, 0.4) is 0 Å². The molecule has 2 saturated heterocycles. The number of aliphatic hydroxyl groups is 7. The van der Waals surface area contributed by atoms with Gasteiger partial charge in [0.1, 0.15) is 48.8 Å². The molecule has 30 heavy (non-hydrogen) atoms. The third kappa shape index (κ3) is 6.07. The van der Waals surface area contributed by atoms with Crippen molar-refractivity contribution in [1.29, 1.82) is 0 Å². The molecule has 10 atom stereocenters. The van der Waals surface area contributed by atoms with E-state index in [4.69, 9.17) is 18.9 Å². The van der Waals surface area contributed by atoms with Gasteiger partial charge in [-0.1, -0.05) is 6.58 Å². The lowest BCUT2D eigenvalue weighted by Crippen LogP contribution is -2.64. The van der Waals surface area contributed by atoms with Crippen LogP contribution in [0, 0.1) is 0 Å². The van der Waals surface area contributed by atoms with Gasteiger partial charge in [0.2, 0.25) is 0 Å². The van der Waals surface area contributed by atoms with Crippen molar-refractivity contribution < 1.29 is 54.7 Å². The van der Waals surface area contributed by atoms with Gasteiger partial charge in [0, 0.05) is 6.61 Å². The molecule has 0 aromatic carbocycles. The Morgan fingerprint density at radius 2 is 1.40 bits per heavy atom. The second kappa shape index (κ2) is 12.2. The van der Waals surface area contributed by atoms with Crippen LogP contribution >= 0.6 is 0 Å². The summed E-state index contributed by atoms with van der Waals surface area (Å²) in [7, 11) is 0. The lowest BCUT2D eigenvalue weighted by molar-refractivity contribution is -0.367. The van der Waals surface area contributed by atoms with Gasteiger partial charge in [0.05, 0.1) is 13.2 Å². The lowest BCUT2D eigenvalue weighted by Gasteiger charge is -2.45. The fraction of sp³-hybridized carbons (Fsp3) is 0.842.